The Hall–Kier alpha value is -2.15. The maximum atomic E-state index is 11.4. The van der Waals surface area contributed by atoms with Crippen molar-refractivity contribution in [3.8, 4) is 0 Å². The first kappa shape index (κ1) is 13.9. The van der Waals surface area contributed by atoms with Gasteiger partial charge >= 0.3 is 11.7 Å². The molecule has 0 aromatic carbocycles. The third-order valence-corrected chi connectivity index (χ3v) is 2.02. The zero-order valence-electron chi connectivity index (χ0n) is 9.97. The van der Waals surface area contributed by atoms with E-state index >= 15 is 0 Å². The zero-order valence-corrected chi connectivity index (χ0v) is 9.97. The number of rotatable bonds is 6. The second-order valence-electron chi connectivity index (χ2n) is 3.40. The van der Waals surface area contributed by atoms with E-state index in [9.17, 15) is 14.4 Å². The maximum Gasteiger partial charge on any atom is 0.330 e. The Morgan fingerprint density at radius 1 is 1.50 bits per heavy atom. The number of ether oxygens (including phenoxy) is 2. The first-order chi connectivity index (χ1) is 8.54. The highest BCUT2D eigenvalue weighted by molar-refractivity contribution is 5.65. The molecular formula is C11H14N2O5. The lowest BCUT2D eigenvalue weighted by molar-refractivity contribution is -0.142. The lowest BCUT2D eigenvalue weighted by atomic mass is 10.3. The van der Waals surface area contributed by atoms with Gasteiger partial charge in [0.2, 0.25) is 0 Å². The minimum Gasteiger partial charge on any atom is -0.463 e. The Morgan fingerprint density at radius 3 is 2.83 bits per heavy atom. The quantitative estimate of drug-likeness (QED) is 0.557. The molecule has 0 unspecified atom stereocenters. The first-order valence-corrected chi connectivity index (χ1v) is 5.22. The summed E-state index contributed by atoms with van der Waals surface area (Å²) in [5.74, 6) is -0.395. The second-order valence-corrected chi connectivity index (χ2v) is 3.40. The van der Waals surface area contributed by atoms with Crippen LogP contribution in [-0.4, -0.2) is 28.7 Å². The Balaban J connectivity index is 2.57. The molecule has 1 rings (SSSR count). The number of nitrogens with zero attached hydrogens (tertiary/aromatic N) is 1. The van der Waals surface area contributed by atoms with Crippen molar-refractivity contribution in [2.24, 2.45) is 0 Å². The minimum atomic E-state index is -0.571. The lowest BCUT2D eigenvalue weighted by Gasteiger charge is -2.07. The molecule has 0 atom stereocenters. The predicted molar refractivity (Wildman–Crippen MR) is 64.0 cm³/mol. The molecule has 98 valence electrons. The number of hydrogen-bond donors (Lipinski definition) is 1. The second kappa shape index (κ2) is 6.55. The summed E-state index contributed by atoms with van der Waals surface area (Å²) in [5.41, 5.74) is -0.789. The molecule has 0 fully saturated rings. The molecule has 0 bridgehead atoms. The van der Waals surface area contributed by atoms with Crippen molar-refractivity contribution in [2.75, 3.05) is 13.2 Å². The summed E-state index contributed by atoms with van der Waals surface area (Å²) in [6, 6.07) is 0. The van der Waals surface area contributed by atoms with Gasteiger partial charge in [-0.25, -0.2) is 4.79 Å². The van der Waals surface area contributed by atoms with E-state index in [0.717, 1.165) is 0 Å². The van der Waals surface area contributed by atoms with E-state index in [-0.39, 0.29) is 25.5 Å². The molecule has 0 aliphatic heterocycles. The van der Waals surface area contributed by atoms with Crippen LogP contribution in [0.25, 0.3) is 6.08 Å². The molecule has 7 heteroatoms. The number of carbonyl (C=O) groups excluding carboxylic acids is 1. The highest BCUT2D eigenvalue weighted by Crippen LogP contribution is 1.90. The molecule has 0 spiro atoms. The van der Waals surface area contributed by atoms with Crippen LogP contribution in [0.2, 0.25) is 0 Å². The van der Waals surface area contributed by atoms with Crippen LogP contribution in [-0.2, 0) is 21.0 Å². The van der Waals surface area contributed by atoms with Gasteiger partial charge in [0, 0.05) is 13.1 Å². The molecule has 1 N–H and O–H groups in total. The summed E-state index contributed by atoms with van der Waals surface area (Å²) in [6.45, 7) is 4.98. The summed E-state index contributed by atoms with van der Waals surface area (Å²) < 4.78 is 11.0. The normalized spacial score (nSPS) is 10.1. The molecule has 0 amide bonds. The van der Waals surface area contributed by atoms with Gasteiger partial charge in [-0.15, -0.1) is 0 Å². The van der Waals surface area contributed by atoms with Gasteiger partial charge in [0.1, 0.15) is 13.3 Å². The van der Waals surface area contributed by atoms with Crippen LogP contribution in [0.5, 0.6) is 0 Å². The average molecular weight is 254 g/mol. The fourth-order valence-corrected chi connectivity index (χ4v) is 1.17. The summed E-state index contributed by atoms with van der Waals surface area (Å²) in [6.07, 6.45) is 2.69. The highest BCUT2D eigenvalue weighted by Gasteiger charge is 2.01. The number of aromatic amines is 1. The smallest absolute Gasteiger partial charge is 0.330 e. The SMILES string of the molecule is C=Cc1cn(COCCOC(C)=O)c(=O)[nH]c1=O. The van der Waals surface area contributed by atoms with Gasteiger partial charge < -0.3 is 9.47 Å². The third-order valence-electron chi connectivity index (χ3n) is 2.02. The van der Waals surface area contributed by atoms with Gasteiger partial charge in [0.25, 0.3) is 5.56 Å². The van der Waals surface area contributed by atoms with Crippen molar-refractivity contribution in [3.05, 3.63) is 39.2 Å². The molecule has 7 nitrogen and oxygen atoms in total. The van der Waals surface area contributed by atoms with E-state index in [2.05, 4.69) is 16.3 Å². The first-order valence-electron chi connectivity index (χ1n) is 5.22. The number of esters is 1. The average Bonchev–Trinajstić information content (AvgIpc) is 2.30. The van der Waals surface area contributed by atoms with Crippen molar-refractivity contribution in [2.45, 2.75) is 13.7 Å². The van der Waals surface area contributed by atoms with E-state index in [1.54, 1.807) is 0 Å². The van der Waals surface area contributed by atoms with Gasteiger partial charge in [-0.2, -0.15) is 0 Å². The van der Waals surface area contributed by atoms with Crippen LogP contribution < -0.4 is 11.2 Å². The van der Waals surface area contributed by atoms with Gasteiger partial charge in [-0.3, -0.25) is 19.1 Å². The Bertz CT molecular complexity index is 543. The van der Waals surface area contributed by atoms with E-state index in [0.29, 0.717) is 0 Å². The molecule has 1 aromatic heterocycles. The fourth-order valence-electron chi connectivity index (χ4n) is 1.17. The van der Waals surface area contributed by atoms with Crippen molar-refractivity contribution in [1.29, 1.82) is 0 Å². The Morgan fingerprint density at radius 2 is 2.22 bits per heavy atom. The molecule has 18 heavy (non-hydrogen) atoms. The molecule has 0 saturated heterocycles. The summed E-state index contributed by atoms with van der Waals surface area (Å²) >= 11 is 0. The van der Waals surface area contributed by atoms with Crippen LogP contribution in [0, 0.1) is 0 Å². The monoisotopic (exact) mass is 254 g/mol. The third kappa shape index (κ3) is 4.02. The van der Waals surface area contributed by atoms with Gasteiger partial charge in [-0.1, -0.05) is 12.7 Å². The lowest BCUT2D eigenvalue weighted by Crippen LogP contribution is -2.31. The standard InChI is InChI=1S/C11H14N2O5/c1-3-9-6-13(11(16)12-10(9)15)7-17-4-5-18-8(2)14/h3,6H,1,4-5,7H2,2H3,(H,12,15,16). The molecule has 0 aliphatic rings. The van der Waals surface area contributed by atoms with E-state index in [1.165, 1.54) is 23.8 Å². The molecule has 0 aliphatic carbocycles. The van der Waals surface area contributed by atoms with E-state index < -0.39 is 17.2 Å². The molecule has 1 heterocycles. The topological polar surface area (TPSA) is 90.4 Å². The van der Waals surface area contributed by atoms with Crippen LogP contribution in [0.1, 0.15) is 12.5 Å². The van der Waals surface area contributed by atoms with Crippen molar-refractivity contribution < 1.29 is 14.3 Å². The largest absolute Gasteiger partial charge is 0.463 e. The van der Waals surface area contributed by atoms with Gasteiger partial charge in [0.15, 0.2) is 0 Å². The van der Waals surface area contributed by atoms with Crippen molar-refractivity contribution in [1.82, 2.24) is 9.55 Å². The van der Waals surface area contributed by atoms with Crippen molar-refractivity contribution in [3.63, 3.8) is 0 Å². The number of nitrogens with one attached hydrogen (secondary N) is 1. The van der Waals surface area contributed by atoms with Crippen LogP contribution in [0.4, 0.5) is 0 Å². The van der Waals surface area contributed by atoms with Crippen LogP contribution >= 0.6 is 0 Å². The van der Waals surface area contributed by atoms with E-state index in [1.807, 2.05) is 0 Å². The number of carbonyl (C=O) groups is 1. The fraction of sp³-hybridized carbons (Fsp3) is 0.364. The molecule has 0 saturated carbocycles. The molecule has 1 aromatic rings. The summed E-state index contributed by atoms with van der Waals surface area (Å²) in [4.78, 5) is 35.2. The zero-order chi connectivity index (χ0) is 13.5. The van der Waals surface area contributed by atoms with Crippen LogP contribution in [0.15, 0.2) is 22.4 Å². The maximum absolute atomic E-state index is 11.4. The number of H-pyrrole nitrogens is 1. The number of aromatic nitrogens is 2. The van der Waals surface area contributed by atoms with Gasteiger partial charge in [-0.05, 0) is 0 Å². The number of hydrogen-bond acceptors (Lipinski definition) is 5. The Kier molecular flexibility index (Phi) is 5.06. The Labute approximate surface area is 103 Å². The van der Waals surface area contributed by atoms with E-state index in [4.69, 9.17) is 4.74 Å². The highest BCUT2D eigenvalue weighted by atomic mass is 16.6. The molecule has 0 radical (unpaired) electrons. The summed E-state index contributed by atoms with van der Waals surface area (Å²) in [5, 5.41) is 0. The minimum absolute atomic E-state index is 0.0439. The van der Waals surface area contributed by atoms with Crippen LogP contribution in [0.3, 0.4) is 0 Å². The predicted octanol–water partition coefficient (Wildman–Crippen LogP) is -0.283. The van der Waals surface area contributed by atoms with Crippen molar-refractivity contribution >= 4 is 12.0 Å². The summed E-state index contributed by atoms with van der Waals surface area (Å²) in [7, 11) is 0. The van der Waals surface area contributed by atoms with Gasteiger partial charge in [0.05, 0.1) is 12.2 Å². The molecular weight excluding hydrogens is 240 g/mol.